The highest BCUT2D eigenvalue weighted by Gasteiger charge is 2.30. The van der Waals surface area contributed by atoms with Crippen LogP contribution in [-0.2, 0) is 21.3 Å². The van der Waals surface area contributed by atoms with Crippen LogP contribution in [0.5, 0.6) is 0 Å². The van der Waals surface area contributed by atoms with Gasteiger partial charge in [-0.2, -0.15) is 4.31 Å². The highest BCUT2D eigenvalue weighted by molar-refractivity contribution is 7.89. The first-order valence-corrected chi connectivity index (χ1v) is 11.1. The molecule has 3 rings (SSSR count). The lowest BCUT2D eigenvalue weighted by molar-refractivity contribution is -0.0440. The molecule has 0 spiro atoms. The fourth-order valence-corrected chi connectivity index (χ4v) is 5.23. The van der Waals surface area contributed by atoms with Gasteiger partial charge < -0.3 is 10.1 Å². The van der Waals surface area contributed by atoms with Gasteiger partial charge in [-0.25, -0.2) is 13.4 Å². The molecule has 9 heteroatoms. The van der Waals surface area contributed by atoms with E-state index in [-0.39, 0.29) is 18.0 Å². The minimum atomic E-state index is -3.28. The van der Waals surface area contributed by atoms with Crippen LogP contribution in [0.15, 0.2) is 29.8 Å². The molecule has 1 N–H and O–H groups in total. The Hall–Kier alpha value is -1.39. The summed E-state index contributed by atoms with van der Waals surface area (Å²) < 4.78 is 32.1. The first-order valence-electron chi connectivity index (χ1n) is 8.64. The molecule has 1 aliphatic heterocycles. The highest BCUT2D eigenvalue weighted by Crippen LogP contribution is 2.21. The molecule has 0 bridgehead atoms. The van der Waals surface area contributed by atoms with Gasteiger partial charge in [-0.15, -0.1) is 11.3 Å². The molecule has 1 fully saturated rings. The summed E-state index contributed by atoms with van der Waals surface area (Å²) in [6.45, 7) is 5.57. The third-order valence-electron chi connectivity index (χ3n) is 4.06. The molecule has 2 aromatic heterocycles. The Morgan fingerprint density at radius 1 is 1.31 bits per heavy atom. The number of nitrogens with zero attached hydrogens (tertiary/aromatic N) is 3. The highest BCUT2D eigenvalue weighted by atomic mass is 32.2. The largest absolute Gasteiger partial charge is 0.373 e. The van der Waals surface area contributed by atoms with Gasteiger partial charge in [0.2, 0.25) is 10.0 Å². The minimum Gasteiger partial charge on any atom is -0.373 e. The number of morpholine rings is 1. The average Bonchev–Trinajstić information content (AvgIpc) is 3.08. The Labute approximate surface area is 158 Å². The molecule has 2 atom stereocenters. The monoisotopic (exact) mass is 396 g/mol. The van der Waals surface area contributed by atoms with Gasteiger partial charge in [0.25, 0.3) is 0 Å². The van der Waals surface area contributed by atoms with E-state index in [9.17, 15) is 8.42 Å². The summed E-state index contributed by atoms with van der Waals surface area (Å²) in [6, 6.07) is 5.72. The van der Waals surface area contributed by atoms with E-state index in [1.807, 2.05) is 37.4 Å². The SMILES string of the molecule is C[C@H]1CN(S(=O)(=O)CCNCc2csc(-c3ccccn3)n2)C[C@H](C)O1. The summed E-state index contributed by atoms with van der Waals surface area (Å²) >= 11 is 1.54. The lowest BCUT2D eigenvalue weighted by atomic mass is 10.3. The molecule has 142 valence electrons. The van der Waals surface area contributed by atoms with Crippen molar-refractivity contribution >= 4 is 21.4 Å². The van der Waals surface area contributed by atoms with Gasteiger partial charge in [-0.1, -0.05) is 6.07 Å². The maximum Gasteiger partial charge on any atom is 0.215 e. The molecular formula is C17H24N4O3S2. The fourth-order valence-electron chi connectivity index (χ4n) is 2.90. The van der Waals surface area contributed by atoms with Crippen molar-refractivity contribution in [3.63, 3.8) is 0 Å². The fraction of sp³-hybridized carbons (Fsp3) is 0.529. The van der Waals surface area contributed by atoms with Crippen LogP contribution in [0.4, 0.5) is 0 Å². The van der Waals surface area contributed by atoms with E-state index in [1.165, 1.54) is 15.6 Å². The molecule has 2 aromatic rings. The topological polar surface area (TPSA) is 84.4 Å². The Bertz CT molecular complexity index is 800. The molecule has 1 saturated heterocycles. The molecule has 0 saturated carbocycles. The number of pyridine rings is 1. The van der Waals surface area contributed by atoms with Crippen molar-refractivity contribution in [1.29, 1.82) is 0 Å². The third kappa shape index (κ3) is 5.08. The normalized spacial score (nSPS) is 21.8. The molecule has 1 aliphatic rings. The zero-order chi connectivity index (χ0) is 18.6. The quantitative estimate of drug-likeness (QED) is 0.718. The first-order chi connectivity index (χ1) is 12.4. The molecular weight excluding hydrogens is 372 g/mol. The number of thiazole rings is 1. The standard InChI is InChI=1S/C17H24N4O3S2/c1-13-10-21(11-14(2)24-13)26(22,23)8-7-18-9-15-12-25-17(20-15)16-5-3-4-6-19-16/h3-6,12-14,18H,7-11H2,1-2H3/t13-,14-/m0/s1. The van der Waals surface area contributed by atoms with Gasteiger partial charge in [-0.3, -0.25) is 4.98 Å². The van der Waals surface area contributed by atoms with Gasteiger partial charge in [0.15, 0.2) is 0 Å². The number of rotatable bonds is 7. The lowest BCUT2D eigenvalue weighted by Crippen LogP contribution is -2.49. The number of hydrogen-bond donors (Lipinski definition) is 1. The van der Waals surface area contributed by atoms with E-state index < -0.39 is 10.0 Å². The van der Waals surface area contributed by atoms with Gasteiger partial charge >= 0.3 is 0 Å². The molecule has 0 aliphatic carbocycles. The van der Waals surface area contributed by atoms with Gasteiger partial charge in [0.05, 0.1) is 29.3 Å². The summed E-state index contributed by atoms with van der Waals surface area (Å²) in [5.74, 6) is 0.0731. The third-order valence-corrected chi connectivity index (χ3v) is 6.78. The Kier molecular flexibility index (Phi) is 6.36. The van der Waals surface area contributed by atoms with Gasteiger partial charge in [0.1, 0.15) is 5.01 Å². The van der Waals surface area contributed by atoms with E-state index in [0.717, 1.165) is 16.4 Å². The van der Waals surface area contributed by atoms with Crippen molar-refractivity contribution in [2.24, 2.45) is 0 Å². The second-order valence-electron chi connectivity index (χ2n) is 6.43. The van der Waals surface area contributed by atoms with Crippen molar-refractivity contribution < 1.29 is 13.2 Å². The molecule has 7 nitrogen and oxygen atoms in total. The number of hydrogen-bond acceptors (Lipinski definition) is 7. The van der Waals surface area contributed by atoms with Crippen LogP contribution < -0.4 is 5.32 Å². The molecule has 0 amide bonds. The van der Waals surface area contributed by atoms with Crippen LogP contribution >= 0.6 is 11.3 Å². The van der Waals surface area contributed by atoms with Gasteiger partial charge in [0, 0.05) is 37.8 Å². The smallest absolute Gasteiger partial charge is 0.215 e. The molecule has 3 heterocycles. The zero-order valence-electron chi connectivity index (χ0n) is 15.0. The summed E-state index contributed by atoms with van der Waals surface area (Å²) in [7, 11) is -3.28. The number of nitrogens with one attached hydrogen (secondary N) is 1. The average molecular weight is 397 g/mol. The van der Waals surface area contributed by atoms with Crippen LogP contribution in [0.3, 0.4) is 0 Å². The van der Waals surface area contributed by atoms with E-state index in [1.54, 1.807) is 6.20 Å². The maximum absolute atomic E-state index is 12.5. The molecule has 0 radical (unpaired) electrons. The van der Waals surface area contributed by atoms with E-state index >= 15 is 0 Å². The predicted octanol–water partition coefficient (Wildman–Crippen LogP) is 1.73. The zero-order valence-corrected chi connectivity index (χ0v) is 16.6. The van der Waals surface area contributed by atoms with E-state index in [0.29, 0.717) is 26.2 Å². The Morgan fingerprint density at radius 2 is 2.08 bits per heavy atom. The summed E-state index contributed by atoms with van der Waals surface area (Å²) in [4.78, 5) is 8.83. The van der Waals surface area contributed by atoms with Crippen molar-refractivity contribution in [3.8, 4) is 10.7 Å². The second kappa shape index (κ2) is 8.53. The number of aromatic nitrogens is 2. The number of sulfonamides is 1. The van der Waals surface area contributed by atoms with Crippen LogP contribution in [0.1, 0.15) is 19.5 Å². The van der Waals surface area contributed by atoms with Crippen LogP contribution in [0.2, 0.25) is 0 Å². The van der Waals surface area contributed by atoms with Crippen LogP contribution in [-0.4, -0.2) is 60.3 Å². The summed E-state index contributed by atoms with van der Waals surface area (Å²) in [5.41, 5.74) is 1.74. The lowest BCUT2D eigenvalue weighted by Gasteiger charge is -2.34. The Balaban J connectivity index is 1.47. The number of ether oxygens (including phenoxy) is 1. The van der Waals surface area contributed by atoms with Gasteiger partial charge in [-0.05, 0) is 26.0 Å². The summed E-state index contributed by atoms with van der Waals surface area (Å²) in [5, 5.41) is 6.01. The molecule has 0 aromatic carbocycles. The van der Waals surface area contributed by atoms with E-state index in [2.05, 4.69) is 15.3 Å². The van der Waals surface area contributed by atoms with Crippen molar-refractivity contribution in [1.82, 2.24) is 19.6 Å². The van der Waals surface area contributed by atoms with Crippen molar-refractivity contribution in [2.75, 3.05) is 25.4 Å². The first kappa shape index (κ1) is 19.4. The van der Waals surface area contributed by atoms with E-state index in [4.69, 9.17) is 4.74 Å². The molecule has 26 heavy (non-hydrogen) atoms. The van der Waals surface area contributed by atoms with Crippen LogP contribution in [0, 0.1) is 0 Å². The minimum absolute atomic E-state index is 0.0680. The predicted molar refractivity (Wildman–Crippen MR) is 102 cm³/mol. The van der Waals surface area contributed by atoms with Crippen LogP contribution in [0.25, 0.3) is 10.7 Å². The Morgan fingerprint density at radius 3 is 2.77 bits per heavy atom. The second-order valence-corrected chi connectivity index (χ2v) is 9.37. The van der Waals surface area contributed by atoms with Crippen molar-refractivity contribution in [2.45, 2.75) is 32.6 Å². The summed E-state index contributed by atoms with van der Waals surface area (Å²) in [6.07, 6.45) is 1.61. The van der Waals surface area contributed by atoms with Crippen molar-refractivity contribution in [3.05, 3.63) is 35.5 Å². The molecule has 0 unspecified atom stereocenters. The maximum atomic E-state index is 12.5.